The molecule has 11 heteroatoms. The molecule has 9 nitrogen and oxygen atoms in total. The van der Waals surface area contributed by atoms with E-state index in [0.29, 0.717) is 35.0 Å². The number of carbonyl (C=O) groups excluding carboxylic acids is 4. The zero-order chi connectivity index (χ0) is 40.9. The molecule has 0 radical (unpaired) electrons. The lowest BCUT2D eigenvalue weighted by Gasteiger charge is -2.25. The van der Waals surface area contributed by atoms with Crippen LogP contribution in [0.15, 0.2) is 0 Å². The molecule has 0 atom stereocenters. The van der Waals surface area contributed by atoms with E-state index in [9.17, 15) is 19.2 Å². The van der Waals surface area contributed by atoms with Crippen molar-refractivity contribution in [2.45, 2.75) is 176 Å². The minimum absolute atomic E-state index is 0. The van der Waals surface area contributed by atoms with Crippen LogP contribution in [-0.2, 0) is 23.9 Å². The van der Waals surface area contributed by atoms with E-state index in [4.69, 9.17) is 4.74 Å². The van der Waals surface area contributed by atoms with E-state index in [1.165, 1.54) is 0 Å². The van der Waals surface area contributed by atoms with Crippen molar-refractivity contribution in [1.82, 2.24) is 20.0 Å². The third-order valence-electron chi connectivity index (χ3n) is 7.32. The van der Waals surface area contributed by atoms with Crippen molar-refractivity contribution in [3.63, 3.8) is 0 Å². The highest BCUT2D eigenvalue weighted by atomic mass is 32.2. The summed E-state index contributed by atoms with van der Waals surface area (Å²) >= 11 is 3.74. The fraction of sp³-hybridized carbons (Fsp3) is 0.909. The van der Waals surface area contributed by atoms with E-state index in [1.807, 2.05) is 97.9 Å². The smallest absolute Gasteiger partial charge is 0.308 e. The van der Waals surface area contributed by atoms with Gasteiger partial charge in [-0.25, -0.2) is 0 Å². The predicted molar refractivity (Wildman–Crippen MR) is 253 cm³/mol. The van der Waals surface area contributed by atoms with Crippen LogP contribution in [0, 0.1) is 23.7 Å². The van der Waals surface area contributed by atoms with Gasteiger partial charge in [-0.05, 0) is 43.6 Å². The number of thioether (sulfide) groups is 2. The number of ether oxygens (including phenoxy) is 1. The third-order valence-corrected chi connectivity index (χ3v) is 9.58. The summed E-state index contributed by atoms with van der Waals surface area (Å²) in [6, 6.07) is 1.03. The molecule has 0 aromatic carbocycles. The first-order valence-corrected chi connectivity index (χ1v) is 21.3. The summed E-state index contributed by atoms with van der Waals surface area (Å²) in [5, 5.41) is 4.58. The van der Waals surface area contributed by atoms with Crippen LogP contribution in [0.1, 0.15) is 153 Å². The number of ketones is 1. The number of rotatable bonds is 21. The van der Waals surface area contributed by atoms with Crippen LogP contribution >= 0.6 is 23.5 Å². The molecular formula is C44H100N4O5S2. The van der Waals surface area contributed by atoms with E-state index in [0.717, 1.165) is 50.5 Å². The molecule has 0 rings (SSSR count). The topological polar surface area (TPSA) is 99.3 Å². The molecule has 1 N–H and O–H groups in total. The maximum atomic E-state index is 11.5. The van der Waals surface area contributed by atoms with Gasteiger partial charge in [-0.3, -0.25) is 19.2 Å². The average Bonchev–Trinajstić information content (AvgIpc) is 3.02. The molecule has 0 unspecified atom stereocenters. The molecule has 0 aliphatic heterocycles. The fourth-order valence-electron chi connectivity index (χ4n) is 3.64. The maximum Gasteiger partial charge on any atom is 0.308 e. The number of amides is 2. The number of carbonyl (C=O) groups is 4. The summed E-state index contributed by atoms with van der Waals surface area (Å²) in [6.07, 6.45) is 1.80. The molecule has 0 spiro atoms. The van der Waals surface area contributed by atoms with E-state index in [2.05, 4.69) is 72.7 Å². The van der Waals surface area contributed by atoms with Gasteiger partial charge in [-0.15, -0.1) is 0 Å². The second kappa shape index (κ2) is 43.8. The molecule has 2 amide bonds. The number of nitrogens with one attached hydrogen (secondary N) is 1. The molecule has 55 heavy (non-hydrogen) atoms. The molecule has 0 aliphatic carbocycles. The van der Waals surface area contributed by atoms with Crippen LogP contribution in [0.5, 0.6) is 0 Å². The number of Topliss-reactive ketones (excluding diaryl/α,β-unsaturated/α-hetero) is 1. The Kier molecular flexibility index (Phi) is 56.9. The molecule has 0 aromatic rings. The normalized spacial score (nSPS) is 10.3. The summed E-state index contributed by atoms with van der Waals surface area (Å²) in [4.78, 5) is 50.9. The Morgan fingerprint density at radius 3 is 1.33 bits per heavy atom. The Bertz CT molecular complexity index is 850. The molecule has 0 saturated heterocycles. The zero-order valence-electron chi connectivity index (χ0n) is 36.7. The van der Waals surface area contributed by atoms with E-state index in [1.54, 1.807) is 4.90 Å². The third kappa shape index (κ3) is 50.7. The molecule has 0 bridgehead atoms. The van der Waals surface area contributed by atoms with Crippen molar-refractivity contribution in [1.29, 1.82) is 0 Å². The summed E-state index contributed by atoms with van der Waals surface area (Å²) < 4.78 is 4.99. The summed E-state index contributed by atoms with van der Waals surface area (Å²) in [6.45, 7) is 36.5. The lowest BCUT2D eigenvalue weighted by molar-refractivity contribution is -0.146. The second-order valence-electron chi connectivity index (χ2n) is 15.4. The zero-order valence-corrected chi connectivity index (χ0v) is 38.3. The first-order valence-electron chi connectivity index (χ1n) is 19.2. The molecule has 0 aliphatic rings. The van der Waals surface area contributed by atoms with E-state index in [-0.39, 0.29) is 71.2 Å². The van der Waals surface area contributed by atoms with Gasteiger partial charge in [0.15, 0.2) is 0 Å². The van der Waals surface area contributed by atoms with E-state index >= 15 is 0 Å². The number of nitrogens with zero attached hydrogens (tertiary/aromatic N) is 3. The lowest BCUT2D eigenvalue weighted by atomic mass is 10.1. The lowest BCUT2D eigenvalue weighted by Crippen LogP contribution is -2.38. The highest BCUT2D eigenvalue weighted by Gasteiger charge is 2.14. The van der Waals surface area contributed by atoms with Gasteiger partial charge in [0.05, 0.1) is 5.92 Å². The Labute approximate surface area is 354 Å². The molecule has 0 heterocycles. The monoisotopic (exact) mass is 829 g/mol. The second-order valence-corrected chi connectivity index (χ2v) is 18.8. The Balaban J connectivity index is -0.0000000873. The highest BCUT2D eigenvalue weighted by molar-refractivity contribution is 8.00. The first-order chi connectivity index (χ1) is 23.4. The van der Waals surface area contributed by atoms with Crippen LogP contribution in [0.2, 0.25) is 0 Å². The van der Waals surface area contributed by atoms with Crippen LogP contribution in [0.25, 0.3) is 0 Å². The van der Waals surface area contributed by atoms with Gasteiger partial charge < -0.3 is 24.8 Å². The minimum Gasteiger partial charge on any atom is -0.465 e. The Morgan fingerprint density at radius 2 is 0.982 bits per heavy atom. The summed E-state index contributed by atoms with van der Waals surface area (Å²) in [5.74, 6) is 3.18. The van der Waals surface area contributed by atoms with Gasteiger partial charge in [0.1, 0.15) is 12.4 Å². The van der Waals surface area contributed by atoms with Crippen molar-refractivity contribution in [2.24, 2.45) is 23.7 Å². The summed E-state index contributed by atoms with van der Waals surface area (Å²) in [7, 11) is 5.80. The minimum atomic E-state index is -0.0978. The van der Waals surface area contributed by atoms with E-state index < -0.39 is 0 Å². The number of hydrogen-bond acceptors (Lipinski definition) is 9. The molecule has 0 fully saturated rings. The maximum absolute atomic E-state index is 11.5. The summed E-state index contributed by atoms with van der Waals surface area (Å²) in [5.41, 5.74) is 0. The van der Waals surface area contributed by atoms with Crippen LogP contribution in [0.3, 0.4) is 0 Å². The largest absolute Gasteiger partial charge is 0.465 e. The van der Waals surface area contributed by atoms with Gasteiger partial charge in [-0.2, -0.15) is 23.5 Å². The van der Waals surface area contributed by atoms with Crippen molar-refractivity contribution in [3.8, 4) is 0 Å². The van der Waals surface area contributed by atoms with Crippen LogP contribution in [0.4, 0.5) is 0 Å². The van der Waals surface area contributed by atoms with Crippen LogP contribution in [-0.4, -0.2) is 126 Å². The molecule has 338 valence electrons. The quantitative estimate of drug-likeness (QED) is 0.0895. The molecule has 0 aromatic heterocycles. The fourth-order valence-corrected chi connectivity index (χ4v) is 5.07. The Morgan fingerprint density at radius 1 is 0.564 bits per heavy atom. The molecular weight excluding hydrogens is 729 g/mol. The highest BCUT2D eigenvalue weighted by Crippen LogP contribution is 2.13. The van der Waals surface area contributed by atoms with Gasteiger partial charge in [0, 0.05) is 82.3 Å². The van der Waals surface area contributed by atoms with Crippen molar-refractivity contribution >= 4 is 47.1 Å². The van der Waals surface area contributed by atoms with Crippen molar-refractivity contribution in [3.05, 3.63) is 0 Å². The average molecular weight is 829 g/mol. The first kappa shape index (κ1) is 71.4. The number of esters is 1. The SMILES string of the molecule is C.C.C.C.CC(C)C(=O)N(C)CCN(C)C(C)C.CC(C)NCCN(C)C(=O)C(C)C.CC(C)SCCCC(=O)C(C)C.CC(C)SCCOC(=O)C(C)C. The number of hydrogen-bond donors (Lipinski definition) is 1. The van der Waals surface area contributed by atoms with Crippen molar-refractivity contribution in [2.75, 3.05) is 65.4 Å². The Hall–Kier alpha value is -1.30. The van der Waals surface area contributed by atoms with Gasteiger partial charge in [-0.1, -0.05) is 127 Å². The van der Waals surface area contributed by atoms with Gasteiger partial charge in [0.25, 0.3) is 0 Å². The van der Waals surface area contributed by atoms with Gasteiger partial charge >= 0.3 is 5.97 Å². The van der Waals surface area contributed by atoms with Crippen LogP contribution < -0.4 is 5.32 Å². The molecule has 0 saturated carbocycles. The number of likely N-dealkylation sites (N-methyl/N-ethyl adjacent to an activating group) is 3. The van der Waals surface area contributed by atoms with Gasteiger partial charge in [0.2, 0.25) is 11.8 Å². The predicted octanol–water partition coefficient (Wildman–Crippen LogP) is 10.5. The standard InChI is InChI=1S/C11H24N2O.C10H22N2O.C10H20OS.C9H18O2S.4CH4/c1-9(2)11(14)13(6)8-7-12(5)10(3)4;1-8(2)10(13)12(5)7-6-11-9(3)4;1-8(2)10(11)6-5-7-12-9(3)4;1-7(2)9(10)11-5-6-12-8(3)4;;;;/h9-10H,7-8H2,1-6H3;8-9,11H,6-7H2,1-5H3;8-9H,5-7H2,1-4H3;7-8H,5-6H2,1-4H3;4*1H4. The van der Waals surface area contributed by atoms with Crippen molar-refractivity contribution < 1.29 is 23.9 Å².